The van der Waals surface area contributed by atoms with Gasteiger partial charge in [0.25, 0.3) is 0 Å². The molecule has 0 fully saturated rings. The summed E-state index contributed by atoms with van der Waals surface area (Å²) in [6, 6.07) is 8.39. The molecule has 2 aromatic rings. The molecule has 2 rings (SSSR count). The zero-order valence-electron chi connectivity index (χ0n) is 6.97. The second-order valence-corrected chi connectivity index (χ2v) is 5.11. The van der Waals surface area contributed by atoms with Crippen molar-refractivity contribution in [2.75, 3.05) is 0 Å². The third-order valence-corrected chi connectivity index (χ3v) is 4.07. The molecule has 0 aliphatic carbocycles. The summed E-state index contributed by atoms with van der Waals surface area (Å²) in [7, 11) is 0. The number of fused-ring (bicyclic) bond motifs is 1. The van der Waals surface area contributed by atoms with Gasteiger partial charge in [0.1, 0.15) is 10.9 Å². The molecular weight excluding hydrogens is 293 g/mol. The van der Waals surface area contributed by atoms with Crippen molar-refractivity contribution < 1.29 is 0 Å². The van der Waals surface area contributed by atoms with Gasteiger partial charge < -0.3 is 0 Å². The maximum atomic E-state index is 8.74. The van der Waals surface area contributed by atoms with Crippen LogP contribution >= 0.6 is 33.9 Å². The molecule has 0 atom stereocenters. The summed E-state index contributed by atoms with van der Waals surface area (Å²) in [6.07, 6.45) is 0. The molecule has 0 N–H and O–H groups in total. The predicted molar refractivity (Wildman–Crippen MR) is 64.0 cm³/mol. The summed E-state index contributed by atoms with van der Waals surface area (Å²) < 4.78 is 2.46. The van der Waals surface area contributed by atoms with Crippen LogP contribution in [0.25, 0.3) is 10.1 Å². The maximum Gasteiger partial charge on any atom is 0.110 e. The fourth-order valence-corrected chi connectivity index (χ4v) is 2.79. The quantitative estimate of drug-likeness (QED) is 0.681. The van der Waals surface area contributed by atoms with E-state index in [-0.39, 0.29) is 0 Å². The molecule has 0 aliphatic heterocycles. The Morgan fingerprint density at radius 2 is 2.15 bits per heavy atom. The second-order valence-electron chi connectivity index (χ2n) is 2.86. The van der Waals surface area contributed by atoms with E-state index in [1.165, 1.54) is 19.2 Å². The molecule has 1 nitrogen and oxygen atoms in total. The van der Waals surface area contributed by atoms with Gasteiger partial charge in [-0.25, -0.2) is 0 Å². The van der Waals surface area contributed by atoms with Crippen molar-refractivity contribution in [3.63, 3.8) is 0 Å². The standard InChI is InChI=1S/C10H6INS/c1-6-2-7-3-8(5-12)13-10(7)4-9(6)11/h2-4H,1H3. The molecular formula is C10H6INS. The highest BCUT2D eigenvalue weighted by Crippen LogP contribution is 2.28. The molecule has 1 aromatic carbocycles. The van der Waals surface area contributed by atoms with Gasteiger partial charge in [0.05, 0.1) is 0 Å². The molecule has 0 aliphatic rings. The van der Waals surface area contributed by atoms with E-state index in [2.05, 4.69) is 47.7 Å². The molecule has 0 unspecified atom stereocenters. The minimum atomic E-state index is 0.788. The number of thiophene rings is 1. The monoisotopic (exact) mass is 299 g/mol. The maximum absolute atomic E-state index is 8.74. The first-order valence-corrected chi connectivity index (χ1v) is 5.70. The van der Waals surface area contributed by atoms with Gasteiger partial charge in [-0.2, -0.15) is 5.26 Å². The van der Waals surface area contributed by atoms with Gasteiger partial charge in [-0.15, -0.1) is 11.3 Å². The fourth-order valence-electron chi connectivity index (χ4n) is 1.23. The number of benzene rings is 1. The fraction of sp³-hybridized carbons (Fsp3) is 0.100. The van der Waals surface area contributed by atoms with Crippen molar-refractivity contribution in [3.05, 3.63) is 32.2 Å². The predicted octanol–water partition coefficient (Wildman–Crippen LogP) is 3.69. The SMILES string of the molecule is Cc1cc2cc(C#N)sc2cc1I. The normalized spacial score (nSPS) is 10.2. The highest BCUT2D eigenvalue weighted by atomic mass is 127. The van der Waals surface area contributed by atoms with Crippen LogP contribution in [0.15, 0.2) is 18.2 Å². The van der Waals surface area contributed by atoms with Crippen LogP contribution in [0.1, 0.15) is 10.4 Å². The van der Waals surface area contributed by atoms with Crippen LogP contribution < -0.4 is 0 Å². The highest BCUT2D eigenvalue weighted by molar-refractivity contribution is 14.1. The minimum Gasteiger partial charge on any atom is -0.192 e. The van der Waals surface area contributed by atoms with Gasteiger partial charge >= 0.3 is 0 Å². The third kappa shape index (κ3) is 1.56. The van der Waals surface area contributed by atoms with Crippen LogP contribution in [0.5, 0.6) is 0 Å². The molecule has 1 aromatic heterocycles. The van der Waals surface area contributed by atoms with Crippen LogP contribution in [-0.4, -0.2) is 0 Å². The second kappa shape index (κ2) is 3.28. The summed E-state index contributed by atoms with van der Waals surface area (Å²) in [4.78, 5) is 0.788. The van der Waals surface area contributed by atoms with Crippen molar-refractivity contribution in [1.29, 1.82) is 5.26 Å². The average molecular weight is 299 g/mol. The summed E-state index contributed by atoms with van der Waals surface area (Å²) in [5, 5.41) is 9.92. The lowest BCUT2D eigenvalue weighted by Gasteiger charge is -1.96. The number of aryl methyl sites for hydroxylation is 1. The molecule has 0 amide bonds. The van der Waals surface area contributed by atoms with Crippen LogP contribution in [0.2, 0.25) is 0 Å². The smallest absolute Gasteiger partial charge is 0.110 e. The van der Waals surface area contributed by atoms with E-state index in [4.69, 9.17) is 5.26 Å². The Balaban J connectivity index is 2.79. The lowest BCUT2D eigenvalue weighted by molar-refractivity contribution is 1.47. The number of rotatable bonds is 0. The van der Waals surface area contributed by atoms with Gasteiger partial charge in [-0.3, -0.25) is 0 Å². The van der Waals surface area contributed by atoms with E-state index in [0.717, 1.165) is 4.88 Å². The van der Waals surface area contributed by atoms with Crippen molar-refractivity contribution in [2.45, 2.75) is 6.92 Å². The van der Waals surface area contributed by atoms with Crippen LogP contribution in [0.4, 0.5) is 0 Å². The number of nitriles is 1. The Hall–Kier alpha value is -0.600. The van der Waals surface area contributed by atoms with Crippen molar-refractivity contribution in [1.82, 2.24) is 0 Å². The zero-order valence-corrected chi connectivity index (χ0v) is 9.94. The molecule has 13 heavy (non-hydrogen) atoms. The van der Waals surface area contributed by atoms with E-state index < -0.39 is 0 Å². The summed E-state index contributed by atoms with van der Waals surface area (Å²) >= 11 is 3.87. The van der Waals surface area contributed by atoms with E-state index in [1.807, 2.05) is 6.07 Å². The van der Waals surface area contributed by atoms with Crippen LogP contribution in [0.3, 0.4) is 0 Å². The lowest BCUT2D eigenvalue weighted by atomic mass is 10.2. The Labute approximate surface area is 94.1 Å². The van der Waals surface area contributed by atoms with Crippen molar-refractivity contribution >= 4 is 44.0 Å². The lowest BCUT2D eigenvalue weighted by Crippen LogP contribution is -1.76. The first kappa shape index (κ1) is 8.97. The van der Waals surface area contributed by atoms with Crippen molar-refractivity contribution in [3.8, 4) is 6.07 Å². The number of hydrogen-bond donors (Lipinski definition) is 0. The summed E-state index contributed by atoms with van der Waals surface area (Å²) in [6.45, 7) is 2.09. The Bertz CT molecular complexity index is 468. The van der Waals surface area contributed by atoms with E-state index in [1.54, 1.807) is 11.3 Å². The first-order chi connectivity index (χ1) is 6.20. The van der Waals surface area contributed by atoms with Gasteiger partial charge in [-0.05, 0) is 58.7 Å². The molecule has 64 valence electrons. The van der Waals surface area contributed by atoms with Crippen LogP contribution in [-0.2, 0) is 0 Å². The topological polar surface area (TPSA) is 23.8 Å². The van der Waals surface area contributed by atoms with E-state index in [9.17, 15) is 0 Å². The molecule has 3 heteroatoms. The molecule has 0 spiro atoms. The van der Waals surface area contributed by atoms with Gasteiger partial charge in [-0.1, -0.05) is 0 Å². The van der Waals surface area contributed by atoms with Gasteiger partial charge in [0.15, 0.2) is 0 Å². The summed E-state index contributed by atoms with van der Waals surface area (Å²) in [5.41, 5.74) is 1.27. The van der Waals surface area contributed by atoms with Gasteiger partial charge in [0.2, 0.25) is 0 Å². The number of halogens is 1. The molecule has 1 heterocycles. The van der Waals surface area contributed by atoms with Crippen LogP contribution in [0, 0.1) is 21.8 Å². The summed E-state index contributed by atoms with van der Waals surface area (Å²) in [5.74, 6) is 0. The zero-order chi connectivity index (χ0) is 9.42. The average Bonchev–Trinajstić information content (AvgIpc) is 2.48. The van der Waals surface area contributed by atoms with E-state index >= 15 is 0 Å². The Morgan fingerprint density at radius 3 is 2.85 bits per heavy atom. The first-order valence-electron chi connectivity index (χ1n) is 3.80. The number of nitrogens with zero attached hydrogens (tertiary/aromatic N) is 1. The Kier molecular flexibility index (Phi) is 2.26. The Morgan fingerprint density at radius 1 is 1.38 bits per heavy atom. The molecule has 0 saturated carbocycles. The van der Waals surface area contributed by atoms with Crippen molar-refractivity contribution in [2.24, 2.45) is 0 Å². The van der Waals surface area contributed by atoms with Gasteiger partial charge in [0, 0.05) is 8.27 Å². The highest BCUT2D eigenvalue weighted by Gasteiger charge is 2.03. The minimum absolute atomic E-state index is 0.788. The molecule has 0 saturated heterocycles. The number of hydrogen-bond acceptors (Lipinski definition) is 2. The van der Waals surface area contributed by atoms with E-state index in [0.29, 0.717) is 0 Å². The molecule has 0 radical (unpaired) electrons. The molecule has 0 bridgehead atoms. The largest absolute Gasteiger partial charge is 0.192 e. The third-order valence-electron chi connectivity index (χ3n) is 1.91.